The van der Waals surface area contributed by atoms with Gasteiger partial charge < -0.3 is 9.84 Å². The van der Waals surface area contributed by atoms with Crippen LogP contribution in [0.2, 0.25) is 5.02 Å². The molecule has 96 valence electrons. The molecule has 1 aromatic heterocycles. The smallest absolute Gasteiger partial charge is 0.143 e. The molecule has 1 aromatic carbocycles. The molecule has 19 heavy (non-hydrogen) atoms. The Balaban J connectivity index is 2.17. The number of hydrogen-bond acceptors (Lipinski definition) is 4. The predicted molar refractivity (Wildman–Crippen MR) is 70.7 cm³/mol. The van der Waals surface area contributed by atoms with E-state index in [2.05, 4.69) is 4.98 Å². The Morgan fingerprint density at radius 1 is 1.37 bits per heavy atom. The monoisotopic (exact) mass is 274 g/mol. The van der Waals surface area contributed by atoms with Crippen molar-refractivity contribution in [1.29, 1.82) is 5.26 Å². The molecule has 0 fully saturated rings. The van der Waals surface area contributed by atoms with E-state index in [9.17, 15) is 5.11 Å². The van der Waals surface area contributed by atoms with Crippen LogP contribution in [0.15, 0.2) is 36.5 Å². The van der Waals surface area contributed by atoms with Crippen LogP contribution in [0.5, 0.6) is 5.75 Å². The zero-order valence-corrected chi connectivity index (χ0v) is 10.8. The molecule has 0 saturated carbocycles. The lowest BCUT2D eigenvalue weighted by Crippen LogP contribution is -2.00. The van der Waals surface area contributed by atoms with Crippen LogP contribution < -0.4 is 4.74 Å². The Labute approximate surface area is 115 Å². The number of aliphatic hydroxyl groups excluding tert-OH is 1. The number of ether oxygens (including phenoxy) is 1. The van der Waals surface area contributed by atoms with Crippen molar-refractivity contribution >= 4 is 11.6 Å². The second kappa shape index (κ2) is 6.19. The van der Waals surface area contributed by atoms with Crippen molar-refractivity contribution in [1.82, 2.24) is 4.98 Å². The molecular formula is C14H11ClN2O2. The third-order valence-corrected chi connectivity index (χ3v) is 2.84. The van der Waals surface area contributed by atoms with Crippen LogP contribution in [0.4, 0.5) is 0 Å². The van der Waals surface area contributed by atoms with Gasteiger partial charge in [-0.3, -0.25) is 0 Å². The van der Waals surface area contributed by atoms with Gasteiger partial charge in [0.05, 0.1) is 11.6 Å². The normalized spacial score (nSPS) is 9.95. The highest BCUT2D eigenvalue weighted by atomic mass is 35.5. The largest absolute Gasteiger partial charge is 0.487 e. The van der Waals surface area contributed by atoms with Gasteiger partial charge in [0, 0.05) is 11.8 Å². The molecule has 0 atom stereocenters. The van der Waals surface area contributed by atoms with Gasteiger partial charge in [0.15, 0.2) is 0 Å². The highest BCUT2D eigenvalue weighted by Gasteiger charge is 2.08. The quantitative estimate of drug-likeness (QED) is 0.931. The van der Waals surface area contributed by atoms with Gasteiger partial charge in [-0.05, 0) is 23.8 Å². The molecule has 0 radical (unpaired) electrons. The summed E-state index contributed by atoms with van der Waals surface area (Å²) in [4.78, 5) is 3.88. The molecule has 2 aromatic rings. The van der Waals surface area contributed by atoms with E-state index >= 15 is 0 Å². The first-order valence-corrected chi connectivity index (χ1v) is 5.98. The molecule has 1 heterocycles. The van der Waals surface area contributed by atoms with E-state index in [1.807, 2.05) is 6.07 Å². The fourth-order valence-electron chi connectivity index (χ4n) is 1.62. The molecule has 1 N–H and O–H groups in total. The van der Waals surface area contributed by atoms with Crippen molar-refractivity contribution < 1.29 is 9.84 Å². The van der Waals surface area contributed by atoms with Crippen molar-refractivity contribution in [3.8, 4) is 11.8 Å². The number of aliphatic hydroxyl groups is 1. The summed E-state index contributed by atoms with van der Waals surface area (Å²) >= 11 is 6.03. The first kappa shape index (κ1) is 13.3. The lowest BCUT2D eigenvalue weighted by Gasteiger charge is -2.11. The summed E-state index contributed by atoms with van der Waals surface area (Å²) in [5.74, 6) is 0.460. The Morgan fingerprint density at radius 2 is 2.21 bits per heavy atom. The first-order valence-electron chi connectivity index (χ1n) is 5.60. The van der Waals surface area contributed by atoms with Crippen LogP contribution in [0, 0.1) is 11.3 Å². The lowest BCUT2D eigenvalue weighted by molar-refractivity contribution is 0.259. The minimum absolute atomic E-state index is 0.143. The van der Waals surface area contributed by atoms with Crippen molar-refractivity contribution in [2.45, 2.75) is 13.2 Å². The van der Waals surface area contributed by atoms with Crippen molar-refractivity contribution in [2.24, 2.45) is 0 Å². The fourth-order valence-corrected chi connectivity index (χ4v) is 1.87. The maximum Gasteiger partial charge on any atom is 0.143 e. The van der Waals surface area contributed by atoms with Gasteiger partial charge in [0.1, 0.15) is 24.1 Å². The molecule has 0 saturated heterocycles. The van der Waals surface area contributed by atoms with Gasteiger partial charge in [-0.2, -0.15) is 5.26 Å². The minimum Gasteiger partial charge on any atom is -0.487 e. The Morgan fingerprint density at radius 3 is 2.95 bits per heavy atom. The highest BCUT2D eigenvalue weighted by molar-refractivity contribution is 6.32. The molecule has 4 nitrogen and oxygen atoms in total. The number of rotatable bonds is 4. The molecule has 0 unspecified atom stereocenters. The summed E-state index contributed by atoms with van der Waals surface area (Å²) < 4.78 is 5.62. The van der Waals surface area contributed by atoms with Crippen LogP contribution in [-0.4, -0.2) is 10.1 Å². The third-order valence-electron chi connectivity index (χ3n) is 2.54. The van der Waals surface area contributed by atoms with Crippen LogP contribution in [0.1, 0.15) is 16.8 Å². The maximum atomic E-state index is 9.23. The summed E-state index contributed by atoms with van der Waals surface area (Å²) in [5.41, 5.74) is 1.78. The van der Waals surface area contributed by atoms with Crippen LogP contribution >= 0.6 is 11.6 Å². The van der Waals surface area contributed by atoms with E-state index in [-0.39, 0.29) is 13.2 Å². The number of nitrogens with zero attached hydrogens (tertiary/aromatic N) is 2. The SMILES string of the molecule is N#Cc1cc(COc2c(Cl)cccc2CO)ccn1. The number of aromatic nitrogens is 1. The number of nitriles is 1. The molecule has 0 amide bonds. The summed E-state index contributed by atoms with van der Waals surface area (Å²) in [6, 6.07) is 10.6. The number of hydrogen-bond donors (Lipinski definition) is 1. The molecule has 2 rings (SSSR count). The van der Waals surface area contributed by atoms with Crippen molar-refractivity contribution in [3.63, 3.8) is 0 Å². The Hall–Kier alpha value is -2.09. The molecular weight excluding hydrogens is 264 g/mol. The summed E-state index contributed by atoms with van der Waals surface area (Å²) in [7, 11) is 0. The van der Waals surface area contributed by atoms with Crippen LogP contribution in [0.3, 0.4) is 0 Å². The number of pyridine rings is 1. The molecule has 5 heteroatoms. The fraction of sp³-hybridized carbons (Fsp3) is 0.143. The van der Waals surface area contributed by atoms with Gasteiger partial charge in [-0.1, -0.05) is 23.7 Å². The second-order valence-electron chi connectivity index (χ2n) is 3.84. The second-order valence-corrected chi connectivity index (χ2v) is 4.24. The highest BCUT2D eigenvalue weighted by Crippen LogP contribution is 2.29. The Bertz CT molecular complexity index is 623. The van der Waals surface area contributed by atoms with E-state index < -0.39 is 0 Å². The third kappa shape index (κ3) is 3.22. The maximum absolute atomic E-state index is 9.23. The van der Waals surface area contributed by atoms with Crippen LogP contribution in [-0.2, 0) is 13.2 Å². The molecule has 0 aliphatic heterocycles. The van der Waals surface area contributed by atoms with Crippen molar-refractivity contribution in [2.75, 3.05) is 0 Å². The van der Waals surface area contributed by atoms with Gasteiger partial charge in [-0.15, -0.1) is 0 Å². The summed E-state index contributed by atoms with van der Waals surface area (Å²) in [6.07, 6.45) is 1.55. The number of benzene rings is 1. The van der Waals surface area contributed by atoms with Gasteiger partial charge in [0.2, 0.25) is 0 Å². The topological polar surface area (TPSA) is 66.1 Å². The van der Waals surface area contributed by atoms with Crippen LogP contribution in [0.25, 0.3) is 0 Å². The zero-order valence-electron chi connectivity index (χ0n) is 10.0. The van der Waals surface area contributed by atoms with E-state index in [0.717, 1.165) is 5.56 Å². The predicted octanol–water partition coefficient (Wildman–Crippen LogP) is 2.68. The van der Waals surface area contributed by atoms with Crippen molar-refractivity contribution in [3.05, 3.63) is 58.4 Å². The van der Waals surface area contributed by atoms with E-state index in [1.165, 1.54) is 0 Å². The standard InChI is InChI=1S/C14H11ClN2O2/c15-13-3-1-2-11(8-18)14(13)19-9-10-4-5-17-12(6-10)7-16/h1-6,18H,8-9H2. The first-order chi connectivity index (χ1) is 9.24. The average molecular weight is 275 g/mol. The zero-order chi connectivity index (χ0) is 13.7. The lowest BCUT2D eigenvalue weighted by atomic mass is 10.2. The van der Waals surface area contributed by atoms with Gasteiger partial charge >= 0.3 is 0 Å². The van der Waals surface area contributed by atoms with Gasteiger partial charge in [0.25, 0.3) is 0 Å². The van der Waals surface area contributed by atoms with Gasteiger partial charge in [-0.25, -0.2) is 4.98 Å². The molecule has 0 aliphatic rings. The average Bonchev–Trinajstić information content (AvgIpc) is 2.46. The summed E-state index contributed by atoms with van der Waals surface area (Å²) in [5, 5.41) is 18.4. The van der Waals surface area contributed by atoms with E-state index in [4.69, 9.17) is 21.6 Å². The molecule has 0 spiro atoms. The number of halogens is 1. The molecule has 0 bridgehead atoms. The molecule has 0 aliphatic carbocycles. The van der Waals surface area contributed by atoms with E-state index in [1.54, 1.807) is 36.5 Å². The summed E-state index contributed by atoms with van der Waals surface area (Å²) in [6.45, 7) is 0.115. The van der Waals surface area contributed by atoms with E-state index in [0.29, 0.717) is 22.0 Å². The number of para-hydroxylation sites is 1. The minimum atomic E-state index is -0.143. The Kier molecular flexibility index (Phi) is 4.35.